The number of nitrogens with one attached hydrogen (secondary N) is 1. The molecule has 7 aromatic rings. The highest BCUT2D eigenvalue weighted by atomic mass is 15.2. The van der Waals surface area contributed by atoms with Gasteiger partial charge in [0.15, 0.2) is 6.17 Å². The highest BCUT2D eigenvalue weighted by Crippen LogP contribution is 2.47. The molecular weight excluding hydrogens is 693 g/mol. The number of aliphatic imine (C=N–C) groups is 2. The second kappa shape index (κ2) is 16.4. The number of hydrogen-bond acceptors (Lipinski definition) is 4. The summed E-state index contributed by atoms with van der Waals surface area (Å²) in [6, 6.07) is 61.2. The minimum absolute atomic E-state index is 0.300. The van der Waals surface area contributed by atoms with Gasteiger partial charge in [0.1, 0.15) is 11.7 Å². The van der Waals surface area contributed by atoms with Crippen LogP contribution in [0.5, 0.6) is 0 Å². The second-order valence-corrected chi connectivity index (χ2v) is 15.4. The van der Waals surface area contributed by atoms with Gasteiger partial charge in [-0.05, 0) is 119 Å². The second-order valence-electron chi connectivity index (χ2n) is 15.4. The molecule has 4 heteroatoms. The van der Waals surface area contributed by atoms with Crippen molar-refractivity contribution in [1.82, 2.24) is 10.3 Å². The van der Waals surface area contributed by atoms with Crippen molar-refractivity contribution in [2.75, 3.05) is 0 Å². The molecule has 280 valence electrons. The molecule has 1 aliphatic carbocycles. The van der Waals surface area contributed by atoms with Crippen molar-refractivity contribution in [2.45, 2.75) is 58.0 Å². The maximum absolute atomic E-state index is 5.35. The van der Waals surface area contributed by atoms with Gasteiger partial charge in [0.05, 0.1) is 0 Å². The van der Waals surface area contributed by atoms with E-state index >= 15 is 0 Å². The third kappa shape index (κ3) is 7.73. The van der Waals surface area contributed by atoms with Crippen LogP contribution in [-0.4, -0.2) is 16.7 Å². The Morgan fingerprint density at radius 2 is 1.04 bits per heavy atom. The molecule has 0 amide bonds. The Balaban J connectivity index is 1.05. The lowest BCUT2D eigenvalue weighted by molar-refractivity contribution is 0.388. The molecule has 0 spiro atoms. The third-order valence-electron chi connectivity index (χ3n) is 11.8. The number of pyridine rings is 1. The van der Waals surface area contributed by atoms with Gasteiger partial charge in [-0.2, -0.15) is 0 Å². The molecule has 2 heterocycles. The van der Waals surface area contributed by atoms with E-state index in [2.05, 4.69) is 189 Å². The molecule has 0 radical (unpaired) electrons. The molecule has 1 aliphatic heterocycles. The van der Waals surface area contributed by atoms with Gasteiger partial charge in [-0.3, -0.25) is 4.98 Å². The Morgan fingerprint density at radius 3 is 1.63 bits per heavy atom. The zero-order valence-corrected chi connectivity index (χ0v) is 32.8. The van der Waals surface area contributed by atoms with Crippen molar-refractivity contribution in [3.8, 4) is 44.5 Å². The van der Waals surface area contributed by atoms with Crippen LogP contribution in [-0.2, 0) is 6.42 Å². The predicted octanol–water partition coefficient (Wildman–Crippen LogP) is 13.0. The molecular formula is C53H48N4. The van der Waals surface area contributed by atoms with Crippen LogP contribution in [0.2, 0.25) is 0 Å². The lowest BCUT2D eigenvalue weighted by Crippen LogP contribution is -2.41. The van der Waals surface area contributed by atoms with Crippen molar-refractivity contribution in [2.24, 2.45) is 15.9 Å². The van der Waals surface area contributed by atoms with E-state index < -0.39 is 0 Å². The topological polar surface area (TPSA) is 49.6 Å². The minimum Gasteiger partial charge on any atom is -0.328 e. The summed E-state index contributed by atoms with van der Waals surface area (Å²) in [4.78, 5) is 15.4. The molecule has 0 bridgehead atoms. The highest BCUT2D eigenvalue weighted by Gasteiger charge is 2.32. The van der Waals surface area contributed by atoms with Gasteiger partial charge in [-0.1, -0.05) is 153 Å². The number of aryl methyl sites for hydroxylation is 2. The fourth-order valence-corrected chi connectivity index (χ4v) is 8.81. The van der Waals surface area contributed by atoms with Gasteiger partial charge in [0.2, 0.25) is 0 Å². The zero-order valence-electron chi connectivity index (χ0n) is 32.8. The van der Waals surface area contributed by atoms with E-state index in [4.69, 9.17) is 15.0 Å². The summed E-state index contributed by atoms with van der Waals surface area (Å²) in [5.41, 5.74) is 15.8. The first-order valence-electron chi connectivity index (χ1n) is 20.5. The van der Waals surface area contributed by atoms with Crippen LogP contribution in [0, 0.1) is 12.8 Å². The lowest BCUT2D eigenvalue weighted by atomic mass is 9.73. The molecule has 1 fully saturated rings. The van der Waals surface area contributed by atoms with E-state index in [0.29, 0.717) is 11.8 Å². The van der Waals surface area contributed by atoms with Crippen molar-refractivity contribution >= 4 is 11.7 Å². The van der Waals surface area contributed by atoms with Crippen LogP contribution in [0.4, 0.5) is 0 Å². The number of aromatic nitrogens is 1. The van der Waals surface area contributed by atoms with E-state index in [-0.39, 0.29) is 6.17 Å². The Hall–Kier alpha value is -6.39. The van der Waals surface area contributed by atoms with E-state index in [0.717, 1.165) is 77.4 Å². The molecule has 1 unspecified atom stereocenters. The molecule has 6 aromatic carbocycles. The van der Waals surface area contributed by atoms with Crippen molar-refractivity contribution in [3.63, 3.8) is 0 Å². The van der Waals surface area contributed by atoms with Crippen LogP contribution in [0.1, 0.15) is 72.8 Å². The molecule has 1 saturated carbocycles. The molecule has 1 aromatic heterocycles. The summed E-state index contributed by atoms with van der Waals surface area (Å²) in [5.74, 6) is 2.64. The van der Waals surface area contributed by atoms with Crippen LogP contribution < -0.4 is 5.32 Å². The van der Waals surface area contributed by atoms with Crippen LogP contribution in [0.3, 0.4) is 0 Å². The first-order valence-corrected chi connectivity index (χ1v) is 20.5. The maximum atomic E-state index is 5.35. The fourth-order valence-electron chi connectivity index (χ4n) is 8.81. The number of hydrogen-bond donors (Lipinski definition) is 1. The summed E-state index contributed by atoms with van der Waals surface area (Å²) >= 11 is 0. The van der Waals surface area contributed by atoms with Crippen molar-refractivity contribution < 1.29 is 0 Å². The van der Waals surface area contributed by atoms with E-state index in [9.17, 15) is 0 Å². The number of nitrogens with zero attached hydrogens (tertiary/aromatic N) is 3. The summed E-state index contributed by atoms with van der Waals surface area (Å²) in [5, 5.41) is 3.79. The standard InChI is InChI=1S/C53H48N4/c1-3-46-31-32-47(36(2)54-46)43-25-16-26-44(33-43)53-56-51(41-23-14-7-15-24-41)55-52(57-53)42-29-27-40(28-30-42)50-48(38-19-10-5-11-20-38)34-45(37-17-8-4-9-18-37)35-49(50)39-21-12-6-13-22-39/h4-26,31-35,40,42,51H,3,27-30H2,1-2H3,(H,55,56,57). The van der Waals surface area contributed by atoms with Gasteiger partial charge >= 0.3 is 0 Å². The third-order valence-corrected chi connectivity index (χ3v) is 11.8. The lowest BCUT2D eigenvalue weighted by Gasteiger charge is -2.34. The molecule has 2 aliphatic rings. The highest BCUT2D eigenvalue weighted by molar-refractivity contribution is 6.11. The summed E-state index contributed by atoms with van der Waals surface area (Å²) in [6.07, 6.45) is 4.87. The smallest absolute Gasteiger partial charge is 0.169 e. The molecule has 1 N–H and O–H groups in total. The molecule has 1 atom stereocenters. The maximum Gasteiger partial charge on any atom is 0.169 e. The van der Waals surface area contributed by atoms with Crippen LogP contribution in [0.25, 0.3) is 44.5 Å². The van der Waals surface area contributed by atoms with Crippen LogP contribution in [0.15, 0.2) is 180 Å². The van der Waals surface area contributed by atoms with Crippen LogP contribution >= 0.6 is 0 Å². The zero-order chi connectivity index (χ0) is 38.6. The summed E-state index contributed by atoms with van der Waals surface area (Å²) in [7, 11) is 0. The minimum atomic E-state index is -0.300. The molecule has 4 nitrogen and oxygen atoms in total. The fraction of sp³-hybridized carbons (Fsp3) is 0.189. The van der Waals surface area contributed by atoms with Gasteiger partial charge in [-0.15, -0.1) is 0 Å². The quantitative estimate of drug-likeness (QED) is 0.160. The van der Waals surface area contributed by atoms with Crippen molar-refractivity contribution in [1.29, 1.82) is 0 Å². The number of benzene rings is 6. The normalized spacial score (nSPS) is 18.0. The predicted molar refractivity (Wildman–Crippen MR) is 238 cm³/mol. The Bertz CT molecular complexity index is 2470. The van der Waals surface area contributed by atoms with Gasteiger partial charge < -0.3 is 5.32 Å². The molecule has 9 rings (SSSR count). The molecule has 0 saturated heterocycles. The van der Waals surface area contributed by atoms with Gasteiger partial charge in [-0.25, -0.2) is 9.98 Å². The molecule has 57 heavy (non-hydrogen) atoms. The summed E-state index contributed by atoms with van der Waals surface area (Å²) < 4.78 is 0. The number of amidine groups is 2. The Morgan fingerprint density at radius 1 is 0.491 bits per heavy atom. The average Bonchev–Trinajstić information content (AvgIpc) is 3.29. The number of rotatable bonds is 9. The first-order chi connectivity index (χ1) is 28.1. The van der Waals surface area contributed by atoms with E-state index in [1.54, 1.807) is 0 Å². The van der Waals surface area contributed by atoms with Gasteiger partial charge in [0, 0.05) is 28.4 Å². The van der Waals surface area contributed by atoms with Gasteiger partial charge in [0.25, 0.3) is 0 Å². The van der Waals surface area contributed by atoms with E-state index in [1.165, 1.54) is 38.9 Å². The van der Waals surface area contributed by atoms with Crippen molar-refractivity contribution in [3.05, 3.63) is 198 Å². The Kier molecular flexibility index (Phi) is 10.4. The summed E-state index contributed by atoms with van der Waals surface area (Å²) in [6.45, 7) is 4.25. The largest absolute Gasteiger partial charge is 0.328 e. The average molecular weight is 741 g/mol. The monoisotopic (exact) mass is 740 g/mol. The SMILES string of the molecule is CCc1ccc(-c2cccc(C3=NC(c4ccccc4)N=C(C4CCC(c5c(-c6ccccc6)cc(-c6ccccc6)cc5-c5ccccc5)CC4)N3)c2)c(C)n1. The van der Waals surface area contributed by atoms with E-state index in [1.807, 2.05) is 0 Å². The Labute approximate surface area is 337 Å². The first kappa shape index (κ1) is 36.3.